The van der Waals surface area contributed by atoms with E-state index in [4.69, 9.17) is 39.5 Å². The molecular formula is C12H7Cl3N2O3. The van der Waals surface area contributed by atoms with Crippen LogP contribution < -0.4 is 4.74 Å². The van der Waals surface area contributed by atoms with Crippen LogP contribution in [0.5, 0.6) is 11.6 Å². The van der Waals surface area contributed by atoms with Crippen molar-refractivity contribution in [2.45, 2.75) is 5.88 Å². The number of pyridine rings is 1. The number of nitro groups is 1. The van der Waals surface area contributed by atoms with Gasteiger partial charge in [0.15, 0.2) is 5.75 Å². The summed E-state index contributed by atoms with van der Waals surface area (Å²) in [4.78, 5) is 14.1. The summed E-state index contributed by atoms with van der Waals surface area (Å²) < 4.78 is 5.43. The normalized spacial score (nSPS) is 10.3. The van der Waals surface area contributed by atoms with Gasteiger partial charge in [0.1, 0.15) is 0 Å². The third-order valence-corrected chi connectivity index (χ3v) is 3.22. The maximum atomic E-state index is 10.7. The number of nitro benzene ring substituents is 1. The molecule has 0 unspecified atom stereocenters. The molecule has 0 atom stereocenters. The Hall–Kier alpha value is -1.56. The fraction of sp³-hybridized carbons (Fsp3) is 0.0833. The molecule has 2 aromatic rings. The Morgan fingerprint density at radius 1 is 1.25 bits per heavy atom. The molecule has 0 radical (unpaired) electrons. The van der Waals surface area contributed by atoms with E-state index < -0.39 is 4.92 Å². The summed E-state index contributed by atoms with van der Waals surface area (Å²) in [6.45, 7) is 0. The summed E-state index contributed by atoms with van der Waals surface area (Å²) in [5, 5.41) is 10.7. The van der Waals surface area contributed by atoms with Crippen molar-refractivity contribution in [2.24, 2.45) is 0 Å². The molecule has 0 aliphatic carbocycles. The predicted octanol–water partition coefficient (Wildman–Crippen LogP) is 4.83. The number of ether oxygens (including phenoxy) is 1. The second-order valence-corrected chi connectivity index (χ2v) is 4.82. The minimum atomic E-state index is -0.588. The van der Waals surface area contributed by atoms with Gasteiger partial charge in [-0.15, -0.1) is 11.6 Å². The highest BCUT2D eigenvalue weighted by molar-refractivity contribution is 6.37. The van der Waals surface area contributed by atoms with Gasteiger partial charge in [0, 0.05) is 30.3 Å². The van der Waals surface area contributed by atoms with E-state index >= 15 is 0 Å². The molecule has 0 saturated carbocycles. The van der Waals surface area contributed by atoms with Gasteiger partial charge >= 0.3 is 0 Å². The smallest absolute Gasteiger partial charge is 0.272 e. The van der Waals surface area contributed by atoms with E-state index in [0.717, 1.165) is 17.7 Å². The van der Waals surface area contributed by atoms with Gasteiger partial charge in [-0.3, -0.25) is 10.1 Å². The summed E-state index contributed by atoms with van der Waals surface area (Å²) in [5.41, 5.74) is 0.623. The number of rotatable bonds is 4. The summed E-state index contributed by atoms with van der Waals surface area (Å²) in [6.07, 6.45) is 1.55. The molecule has 5 nitrogen and oxygen atoms in total. The average Bonchev–Trinajstić information content (AvgIpc) is 2.43. The molecule has 0 N–H and O–H groups in total. The number of nitrogens with zero attached hydrogens (tertiary/aromatic N) is 2. The van der Waals surface area contributed by atoms with Crippen molar-refractivity contribution in [1.82, 2.24) is 4.98 Å². The van der Waals surface area contributed by atoms with Crippen molar-refractivity contribution in [1.29, 1.82) is 0 Å². The highest BCUT2D eigenvalue weighted by atomic mass is 35.5. The molecule has 1 aromatic carbocycles. The third kappa shape index (κ3) is 3.30. The number of aromatic nitrogens is 1. The second-order valence-electron chi connectivity index (χ2n) is 3.74. The van der Waals surface area contributed by atoms with Crippen LogP contribution >= 0.6 is 34.8 Å². The number of benzene rings is 1. The molecule has 0 aliphatic heterocycles. The SMILES string of the molecule is O=[N+]([O-])c1cc(Cl)c(Oc2ccc(CCl)cn2)c(Cl)c1. The summed E-state index contributed by atoms with van der Waals surface area (Å²) in [6, 6.07) is 5.67. The predicted molar refractivity (Wildman–Crippen MR) is 77.0 cm³/mol. The average molecular weight is 334 g/mol. The van der Waals surface area contributed by atoms with Crippen LogP contribution in [0.1, 0.15) is 5.56 Å². The van der Waals surface area contributed by atoms with Crippen LogP contribution in [0.2, 0.25) is 10.0 Å². The number of non-ortho nitro benzene ring substituents is 1. The lowest BCUT2D eigenvalue weighted by Gasteiger charge is -2.08. The largest absolute Gasteiger partial charge is 0.436 e. The number of hydrogen-bond acceptors (Lipinski definition) is 4. The van der Waals surface area contributed by atoms with Crippen molar-refractivity contribution < 1.29 is 9.66 Å². The topological polar surface area (TPSA) is 65.3 Å². The Morgan fingerprint density at radius 3 is 2.35 bits per heavy atom. The first-order valence-electron chi connectivity index (χ1n) is 5.33. The minimum absolute atomic E-state index is 0.0346. The number of alkyl halides is 1. The van der Waals surface area contributed by atoms with Crippen LogP contribution in [0.15, 0.2) is 30.5 Å². The van der Waals surface area contributed by atoms with Gasteiger partial charge in [0.25, 0.3) is 5.69 Å². The zero-order chi connectivity index (χ0) is 14.7. The van der Waals surface area contributed by atoms with E-state index in [1.165, 1.54) is 0 Å². The maximum absolute atomic E-state index is 10.7. The van der Waals surface area contributed by atoms with E-state index in [9.17, 15) is 10.1 Å². The van der Waals surface area contributed by atoms with Crippen molar-refractivity contribution in [3.8, 4) is 11.6 Å². The van der Waals surface area contributed by atoms with Crippen LogP contribution in [-0.2, 0) is 5.88 Å². The Bertz CT molecular complexity index is 624. The van der Waals surface area contributed by atoms with Gasteiger partial charge in [-0.2, -0.15) is 0 Å². The Labute approximate surface area is 129 Å². The number of halogens is 3. The van der Waals surface area contributed by atoms with Gasteiger partial charge in [-0.05, 0) is 5.56 Å². The first-order valence-corrected chi connectivity index (χ1v) is 6.62. The first-order chi connectivity index (χ1) is 9.51. The highest BCUT2D eigenvalue weighted by Gasteiger charge is 2.16. The van der Waals surface area contributed by atoms with Crippen LogP contribution in [0.25, 0.3) is 0 Å². The summed E-state index contributed by atoms with van der Waals surface area (Å²) in [5.74, 6) is 0.716. The molecule has 0 bridgehead atoms. The van der Waals surface area contributed by atoms with Gasteiger partial charge in [-0.1, -0.05) is 29.3 Å². The minimum Gasteiger partial charge on any atom is -0.436 e. The molecule has 20 heavy (non-hydrogen) atoms. The Balaban J connectivity index is 2.30. The Kier molecular flexibility index (Phi) is 4.65. The third-order valence-electron chi connectivity index (χ3n) is 2.35. The molecule has 1 aromatic heterocycles. The molecular weight excluding hydrogens is 327 g/mol. The molecule has 0 fully saturated rings. The van der Waals surface area contributed by atoms with Gasteiger partial charge in [-0.25, -0.2) is 4.98 Å². The summed E-state index contributed by atoms with van der Waals surface area (Å²) in [7, 11) is 0. The molecule has 104 valence electrons. The van der Waals surface area contributed by atoms with E-state index in [2.05, 4.69) is 4.98 Å². The quantitative estimate of drug-likeness (QED) is 0.457. The summed E-state index contributed by atoms with van der Waals surface area (Å²) >= 11 is 17.5. The Morgan fingerprint density at radius 2 is 1.90 bits per heavy atom. The highest BCUT2D eigenvalue weighted by Crippen LogP contribution is 2.38. The fourth-order valence-electron chi connectivity index (χ4n) is 1.40. The van der Waals surface area contributed by atoms with E-state index in [0.29, 0.717) is 5.88 Å². The maximum Gasteiger partial charge on any atom is 0.272 e. The van der Waals surface area contributed by atoms with Crippen LogP contribution in [0.3, 0.4) is 0 Å². The molecule has 0 spiro atoms. The second kappa shape index (κ2) is 6.26. The molecule has 0 aliphatic rings. The standard InChI is InChI=1S/C12H7Cl3N2O3/c13-5-7-1-2-11(16-6-7)20-12-9(14)3-8(17(18)19)4-10(12)15/h1-4,6H,5H2. The van der Waals surface area contributed by atoms with Crippen LogP contribution in [0, 0.1) is 10.1 Å². The zero-order valence-electron chi connectivity index (χ0n) is 9.85. The molecule has 2 rings (SSSR count). The van der Waals surface area contributed by atoms with Gasteiger partial charge in [0.2, 0.25) is 5.88 Å². The zero-order valence-corrected chi connectivity index (χ0v) is 12.1. The van der Waals surface area contributed by atoms with Crippen molar-refractivity contribution in [3.05, 3.63) is 56.2 Å². The fourth-order valence-corrected chi connectivity index (χ4v) is 2.12. The first kappa shape index (κ1) is 14.8. The van der Waals surface area contributed by atoms with Crippen molar-refractivity contribution >= 4 is 40.5 Å². The van der Waals surface area contributed by atoms with E-state index in [1.54, 1.807) is 18.3 Å². The van der Waals surface area contributed by atoms with E-state index in [-0.39, 0.29) is 27.4 Å². The van der Waals surface area contributed by atoms with Crippen molar-refractivity contribution in [3.63, 3.8) is 0 Å². The molecule has 8 heteroatoms. The molecule has 0 saturated heterocycles. The van der Waals surface area contributed by atoms with Gasteiger partial charge < -0.3 is 4.74 Å². The van der Waals surface area contributed by atoms with E-state index in [1.807, 2.05) is 0 Å². The van der Waals surface area contributed by atoms with Crippen LogP contribution in [0.4, 0.5) is 5.69 Å². The van der Waals surface area contributed by atoms with Gasteiger partial charge in [0.05, 0.1) is 15.0 Å². The van der Waals surface area contributed by atoms with Crippen LogP contribution in [-0.4, -0.2) is 9.91 Å². The molecule has 0 amide bonds. The number of hydrogen-bond donors (Lipinski definition) is 0. The lowest BCUT2D eigenvalue weighted by Crippen LogP contribution is -1.93. The molecule has 1 heterocycles. The lowest BCUT2D eigenvalue weighted by atomic mass is 10.3. The lowest BCUT2D eigenvalue weighted by molar-refractivity contribution is -0.384. The monoisotopic (exact) mass is 332 g/mol. The van der Waals surface area contributed by atoms with Crippen molar-refractivity contribution in [2.75, 3.05) is 0 Å².